The lowest BCUT2D eigenvalue weighted by Crippen LogP contribution is -2.60. The monoisotopic (exact) mass is 688 g/mol. The van der Waals surface area contributed by atoms with Gasteiger partial charge in [-0.05, 0) is 12.8 Å². The number of hydrogen-bond acceptors (Lipinski definition) is 8. The lowest BCUT2D eigenvalue weighted by atomic mass is 9.99. The number of carbonyl (C=O) groups excluding carboxylic acids is 1. The quantitative estimate of drug-likeness (QED) is 0.0396. The largest absolute Gasteiger partial charge is 0.394 e. The summed E-state index contributed by atoms with van der Waals surface area (Å²) in [4.78, 5) is 12.9. The summed E-state index contributed by atoms with van der Waals surface area (Å²) in [5.41, 5.74) is 0. The molecule has 0 aromatic heterocycles. The Kier molecular flexibility index (Phi) is 29.2. The van der Waals surface area contributed by atoms with E-state index in [0.29, 0.717) is 12.8 Å². The first kappa shape index (κ1) is 45.2. The predicted octanol–water partition coefficient (Wildman–Crippen LogP) is 7.22. The van der Waals surface area contributed by atoms with Crippen LogP contribution in [0.3, 0.4) is 0 Å². The van der Waals surface area contributed by atoms with E-state index in [2.05, 4.69) is 19.2 Å². The minimum Gasteiger partial charge on any atom is -0.394 e. The summed E-state index contributed by atoms with van der Waals surface area (Å²) in [7, 11) is 0. The van der Waals surface area contributed by atoms with Crippen molar-refractivity contribution in [1.82, 2.24) is 5.32 Å². The van der Waals surface area contributed by atoms with Crippen molar-refractivity contribution in [3.8, 4) is 0 Å². The molecule has 1 aliphatic heterocycles. The van der Waals surface area contributed by atoms with Crippen molar-refractivity contribution in [2.75, 3.05) is 13.2 Å². The number of aliphatic hydroxyl groups excluding tert-OH is 5. The fourth-order valence-electron chi connectivity index (χ4n) is 6.63. The molecule has 1 rings (SSSR count). The molecule has 0 aliphatic carbocycles. The van der Waals surface area contributed by atoms with E-state index in [1.807, 2.05) is 0 Å². The summed E-state index contributed by atoms with van der Waals surface area (Å²) in [5.74, 6) is -0.145. The Bertz CT molecular complexity index is 726. The standard InChI is InChI=1S/C39H77NO8/c1-3-5-7-9-11-13-15-17-18-20-22-24-26-28-33(42)32(31-47-39-38(46)37(45)36(44)34(30-41)48-39)40-35(43)29-27-25-23-21-19-16-14-12-10-8-6-4-2/h32-34,36-39,41-42,44-46H,3-31H2,1-2H3,(H,40,43). The van der Waals surface area contributed by atoms with Crippen LogP contribution in [-0.2, 0) is 14.3 Å². The van der Waals surface area contributed by atoms with E-state index in [9.17, 15) is 30.3 Å². The molecule has 1 aliphatic rings. The fraction of sp³-hybridized carbons (Fsp3) is 0.974. The number of unbranched alkanes of at least 4 members (excludes halogenated alkanes) is 23. The molecule has 0 saturated carbocycles. The van der Waals surface area contributed by atoms with Gasteiger partial charge in [-0.1, -0.05) is 168 Å². The Hall–Kier alpha value is -0.810. The zero-order valence-corrected chi connectivity index (χ0v) is 31.0. The molecule has 6 N–H and O–H groups in total. The van der Waals surface area contributed by atoms with E-state index in [1.165, 1.54) is 122 Å². The number of nitrogens with one attached hydrogen (secondary N) is 1. The van der Waals surface area contributed by atoms with Crippen molar-refractivity contribution >= 4 is 5.91 Å². The molecule has 0 spiro atoms. The second kappa shape index (κ2) is 31.0. The number of aliphatic hydroxyl groups is 5. The van der Waals surface area contributed by atoms with Crippen molar-refractivity contribution < 1.29 is 39.8 Å². The first-order valence-electron chi connectivity index (χ1n) is 20.2. The molecule has 1 amide bonds. The van der Waals surface area contributed by atoms with Crippen LogP contribution in [0.25, 0.3) is 0 Å². The van der Waals surface area contributed by atoms with Gasteiger partial charge in [0.25, 0.3) is 0 Å². The first-order chi connectivity index (χ1) is 23.3. The van der Waals surface area contributed by atoms with Crippen LogP contribution in [-0.4, -0.2) is 87.5 Å². The SMILES string of the molecule is CCCCCCCCCCCCCCCC(O)C(COC1OC(CO)C(O)C(O)C1O)NC(=O)CCCCCCCCCCCCCC. The molecule has 7 unspecified atom stereocenters. The summed E-state index contributed by atoms with van der Waals surface area (Å²) in [6, 6.07) is -0.709. The van der Waals surface area contributed by atoms with Crippen LogP contribution in [0.1, 0.15) is 187 Å². The molecule has 286 valence electrons. The Morgan fingerprint density at radius 2 is 1.04 bits per heavy atom. The van der Waals surface area contributed by atoms with E-state index in [-0.39, 0.29) is 12.5 Å². The molecule has 0 radical (unpaired) electrons. The van der Waals surface area contributed by atoms with Gasteiger partial charge in [0.2, 0.25) is 5.91 Å². The molecule has 0 aromatic carbocycles. The van der Waals surface area contributed by atoms with Gasteiger partial charge in [0.15, 0.2) is 6.29 Å². The second-order valence-electron chi connectivity index (χ2n) is 14.4. The number of hydrogen-bond donors (Lipinski definition) is 6. The summed E-state index contributed by atoms with van der Waals surface area (Å²) in [6.45, 7) is 3.81. The maximum absolute atomic E-state index is 12.9. The summed E-state index contributed by atoms with van der Waals surface area (Å²) >= 11 is 0. The van der Waals surface area contributed by atoms with E-state index >= 15 is 0 Å². The van der Waals surface area contributed by atoms with Gasteiger partial charge in [-0.25, -0.2) is 0 Å². The number of ether oxygens (including phenoxy) is 2. The van der Waals surface area contributed by atoms with E-state index in [1.54, 1.807) is 0 Å². The van der Waals surface area contributed by atoms with E-state index in [0.717, 1.165) is 38.5 Å². The third-order valence-electron chi connectivity index (χ3n) is 9.96. The smallest absolute Gasteiger partial charge is 0.220 e. The predicted molar refractivity (Wildman–Crippen MR) is 194 cm³/mol. The van der Waals surface area contributed by atoms with Gasteiger partial charge in [-0.15, -0.1) is 0 Å². The Morgan fingerprint density at radius 3 is 1.48 bits per heavy atom. The Balaban J connectivity index is 2.40. The van der Waals surface area contributed by atoms with Crippen molar-refractivity contribution in [2.45, 2.75) is 230 Å². The van der Waals surface area contributed by atoms with Crippen LogP contribution in [0, 0.1) is 0 Å². The molecular formula is C39H77NO8. The van der Waals surface area contributed by atoms with Crippen LogP contribution in [0.4, 0.5) is 0 Å². The second-order valence-corrected chi connectivity index (χ2v) is 14.4. The molecule has 9 nitrogen and oxygen atoms in total. The highest BCUT2D eigenvalue weighted by atomic mass is 16.7. The molecular weight excluding hydrogens is 610 g/mol. The Labute approximate surface area is 294 Å². The van der Waals surface area contributed by atoms with Gasteiger partial charge in [0, 0.05) is 6.42 Å². The number of amides is 1. The molecule has 0 aromatic rings. The third kappa shape index (κ3) is 22.1. The zero-order valence-electron chi connectivity index (χ0n) is 31.0. The highest BCUT2D eigenvalue weighted by molar-refractivity contribution is 5.76. The summed E-state index contributed by atoms with van der Waals surface area (Å²) in [5, 5.41) is 54.1. The molecule has 7 atom stereocenters. The van der Waals surface area contributed by atoms with Crippen LogP contribution in [0.5, 0.6) is 0 Å². The normalized spacial score (nSPS) is 22.5. The number of rotatable bonds is 33. The lowest BCUT2D eigenvalue weighted by molar-refractivity contribution is -0.302. The van der Waals surface area contributed by atoms with Gasteiger partial charge < -0.3 is 40.3 Å². The molecule has 1 heterocycles. The minimum atomic E-state index is -1.55. The van der Waals surface area contributed by atoms with E-state index in [4.69, 9.17) is 9.47 Å². The average Bonchev–Trinajstić information content (AvgIpc) is 3.08. The van der Waals surface area contributed by atoms with Gasteiger partial charge in [-0.2, -0.15) is 0 Å². The van der Waals surface area contributed by atoms with E-state index < -0.39 is 49.5 Å². The number of carbonyl (C=O) groups is 1. The highest BCUT2D eigenvalue weighted by Crippen LogP contribution is 2.23. The topological polar surface area (TPSA) is 149 Å². The Morgan fingerprint density at radius 1 is 0.625 bits per heavy atom. The first-order valence-corrected chi connectivity index (χ1v) is 20.2. The van der Waals surface area contributed by atoms with Gasteiger partial charge in [-0.3, -0.25) is 4.79 Å². The van der Waals surface area contributed by atoms with Crippen molar-refractivity contribution in [2.24, 2.45) is 0 Å². The fourth-order valence-corrected chi connectivity index (χ4v) is 6.63. The van der Waals surface area contributed by atoms with Crippen molar-refractivity contribution in [1.29, 1.82) is 0 Å². The van der Waals surface area contributed by atoms with Crippen LogP contribution in [0.15, 0.2) is 0 Å². The van der Waals surface area contributed by atoms with Gasteiger partial charge in [0.05, 0.1) is 25.4 Å². The zero-order chi connectivity index (χ0) is 35.2. The van der Waals surface area contributed by atoms with Crippen LogP contribution >= 0.6 is 0 Å². The van der Waals surface area contributed by atoms with Gasteiger partial charge in [0.1, 0.15) is 24.4 Å². The minimum absolute atomic E-state index is 0.132. The molecule has 48 heavy (non-hydrogen) atoms. The average molecular weight is 688 g/mol. The molecule has 1 saturated heterocycles. The molecule has 1 fully saturated rings. The van der Waals surface area contributed by atoms with Gasteiger partial charge >= 0.3 is 0 Å². The van der Waals surface area contributed by atoms with Crippen molar-refractivity contribution in [3.05, 3.63) is 0 Å². The lowest BCUT2D eigenvalue weighted by Gasteiger charge is -2.40. The maximum atomic E-state index is 12.9. The molecule has 9 heteroatoms. The summed E-state index contributed by atoms with van der Waals surface area (Å²) < 4.78 is 11.2. The maximum Gasteiger partial charge on any atom is 0.220 e. The highest BCUT2D eigenvalue weighted by Gasteiger charge is 2.44. The van der Waals surface area contributed by atoms with Crippen molar-refractivity contribution in [3.63, 3.8) is 0 Å². The van der Waals surface area contributed by atoms with Crippen LogP contribution < -0.4 is 5.32 Å². The third-order valence-corrected chi connectivity index (χ3v) is 9.96. The van der Waals surface area contributed by atoms with Crippen LogP contribution in [0.2, 0.25) is 0 Å². The molecule has 0 bridgehead atoms. The summed E-state index contributed by atoms with van der Waals surface area (Å²) in [6.07, 6.45) is 23.9.